The minimum Gasteiger partial charge on any atom is -0.335 e. The Morgan fingerprint density at radius 2 is 2.06 bits per heavy atom. The van der Waals surface area contributed by atoms with E-state index >= 15 is 0 Å². The van der Waals surface area contributed by atoms with Gasteiger partial charge in [-0.15, -0.1) is 0 Å². The minimum atomic E-state index is -0.372. The summed E-state index contributed by atoms with van der Waals surface area (Å²) in [5.41, 5.74) is 6.59. The van der Waals surface area contributed by atoms with Gasteiger partial charge in [0.1, 0.15) is 5.82 Å². The highest BCUT2D eigenvalue weighted by atomic mass is 19.1. The van der Waals surface area contributed by atoms with Crippen LogP contribution in [0.1, 0.15) is 24.9 Å². The molecule has 3 nitrogen and oxygen atoms in total. The van der Waals surface area contributed by atoms with E-state index in [4.69, 9.17) is 5.73 Å². The Morgan fingerprint density at radius 3 is 2.56 bits per heavy atom. The van der Waals surface area contributed by atoms with Crippen molar-refractivity contribution in [1.29, 1.82) is 0 Å². The number of nitrogens with zero attached hydrogens (tertiary/aromatic N) is 1. The van der Waals surface area contributed by atoms with Crippen LogP contribution >= 0.6 is 0 Å². The Kier molecular flexibility index (Phi) is 2.92. The third kappa shape index (κ3) is 1.93. The van der Waals surface area contributed by atoms with Gasteiger partial charge in [-0.3, -0.25) is 4.79 Å². The summed E-state index contributed by atoms with van der Waals surface area (Å²) in [5, 5.41) is 0. The number of rotatable bonds is 2. The lowest BCUT2D eigenvalue weighted by Gasteiger charge is -2.24. The van der Waals surface area contributed by atoms with Crippen molar-refractivity contribution in [2.24, 2.45) is 5.73 Å². The molecule has 16 heavy (non-hydrogen) atoms. The molecule has 0 spiro atoms. The summed E-state index contributed by atoms with van der Waals surface area (Å²) >= 11 is 0. The van der Waals surface area contributed by atoms with E-state index in [1.54, 1.807) is 17.0 Å². The van der Waals surface area contributed by atoms with E-state index in [0.717, 1.165) is 5.56 Å². The van der Waals surface area contributed by atoms with Gasteiger partial charge in [0.25, 0.3) is 0 Å². The molecule has 1 heterocycles. The largest absolute Gasteiger partial charge is 0.335 e. The summed E-state index contributed by atoms with van der Waals surface area (Å²) in [6.07, 6.45) is 0.699. The lowest BCUT2D eigenvalue weighted by atomic mass is 10.1. The van der Waals surface area contributed by atoms with Crippen LogP contribution in [0.5, 0.6) is 0 Å². The summed E-state index contributed by atoms with van der Waals surface area (Å²) in [7, 11) is 0. The van der Waals surface area contributed by atoms with Crippen molar-refractivity contribution in [1.82, 2.24) is 4.90 Å². The van der Waals surface area contributed by atoms with Crippen molar-refractivity contribution in [3.05, 3.63) is 35.6 Å². The third-order valence-electron chi connectivity index (χ3n) is 3.10. The second-order valence-electron chi connectivity index (χ2n) is 4.15. The highest BCUT2D eigenvalue weighted by molar-refractivity contribution is 5.84. The minimum absolute atomic E-state index is 0.0168. The third-order valence-corrected chi connectivity index (χ3v) is 3.10. The molecule has 1 aliphatic rings. The molecule has 0 aromatic heterocycles. The SMILES string of the molecule is C[C@@H](c1ccc(F)cc1)N1CC[C@@H](N)C1=O. The van der Waals surface area contributed by atoms with Gasteiger partial charge in [-0.05, 0) is 31.0 Å². The standard InChI is InChI=1S/C12H15FN2O/c1-8(9-2-4-10(13)5-3-9)15-7-6-11(14)12(15)16/h2-5,8,11H,6-7,14H2,1H3/t8-,11+/m0/s1. The van der Waals surface area contributed by atoms with Crippen LogP contribution in [0.3, 0.4) is 0 Å². The number of halogens is 1. The van der Waals surface area contributed by atoms with Crippen LogP contribution in [0.4, 0.5) is 4.39 Å². The van der Waals surface area contributed by atoms with Gasteiger partial charge in [-0.1, -0.05) is 12.1 Å². The molecule has 1 fully saturated rings. The number of nitrogens with two attached hydrogens (primary N) is 1. The van der Waals surface area contributed by atoms with E-state index in [1.165, 1.54) is 12.1 Å². The van der Waals surface area contributed by atoms with E-state index in [1.807, 2.05) is 6.92 Å². The van der Waals surface area contributed by atoms with E-state index in [-0.39, 0.29) is 23.8 Å². The molecule has 4 heteroatoms. The van der Waals surface area contributed by atoms with Crippen LogP contribution in [-0.4, -0.2) is 23.4 Å². The Hall–Kier alpha value is -1.42. The molecule has 0 unspecified atom stereocenters. The molecule has 1 aromatic rings. The molecule has 1 amide bonds. The fourth-order valence-electron chi connectivity index (χ4n) is 2.03. The number of carbonyl (C=O) groups is 1. The number of benzene rings is 1. The van der Waals surface area contributed by atoms with Crippen molar-refractivity contribution in [2.75, 3.05) is 6.54 Å². The smallest absolute Gasteiger partial charge is 0.240 e. The number of hydrogen-bond acceptors (Lipinski definition) is 2. The number of likely N-dealkylation sites (tertiary alicyclic amines) is 1. The van der Waals surface area contributed by atoms with Crippen molar-refractivity contribution >= 4 is 5.91 Å². The van der Waals surface area contributed by atoms with E-state index in [2.05, 4.69) is 0 Å². The lowest BCUT2D eigenvalue weighted by Crippen LogP contribution is -2.35. The van der Waals surface area contributed by atoms with Gasteiger partial charge < -0.3 is 10.6 Å². The zero-order chi connectivity index (χ0) is 11.7. The average Bonchev–Trinajstić information content (AvgIpc) is 2.60. The first-order valence-electron chi connectivity index (χ1n) is 5.41. The molecule has 1 aliphatic heterocycles. The van der Waals surface area contributed by atoms with Gasteiger partial charge in [-0.2, -0.15) is 0 Å². The molecular weight excluding hydrogens is 207 g/mol. The first-order valence-corrected chi connectivity index (χ1v) is 5.41. The van der Waals surface area contributed by atoms with Crippen LogP contribution in [0.15, 0.2) is 24.3 Å². The molecule has 2 N–H and O–H groups in total. The lowest BCUT2D eigenvalue weighted by molar-refractivity contribution is -0.130. The predicted molar refractivity (Wildman–Crippen MR) is 59.1 cm³/mol. The Bertz CT molecular complexity index is 391. The van der Waals surface area contributed by atoms with Crippen LogP contribution < -0.4 is 5.73 Å². The zero-order valence-electron chi connectivity index (χ0n) is 9.19. The second-order valence-corrected chi connectivity index (χ2v) is 4.15. The van der Waals surface area contributed by atoms with Gasteiger partial charge in [0.05, 0.1) is 12.1 Å². The molecule has 86 valence electrons. The highest BCUT2D eigenvalue weighted by Gasteiger charge is 2.32. The van der Waals surface area contributed by atoms with Crippen molar-refractivity contribution in [2.45, 2.75) is 25.4 Å². The summed E-state index contributed by atoms with van der Waals surface area (Å²) in [6, 6.07) is 5.82. The maximum atomic E-state index is 12.8. The molecule has 1 aromatic carbocycles. The molecule has 0 bridgehead atoms. The normalized spacial score (nSPS) is 22.6. The first-order chi connectivity index (χ1) is 7.59. The van der Waals surface area contributed by atoms with E-state index in [0.29, 0.717) is 13.0 Å². The van der Waals surface area contributed by atoms with Gasteiger partial charge in [0.15, 0.2) is 0 Å². The maximum absolute atomic E-state index is 12.8. The van der Waals surface area contributed by atoms with Crippen molar-refractivity contribution < 1.29 is 9.18 Å². The van der Waals surface area contributed by atoms with Crippen LogP contribution in [0.25, 0.3) is 0 Å². The fourth-order valence-corrected chi connectivity index (χ4v) is 2.03. The Morgan fingerprint density at radius 1 is 1.44 bits per heavy atom. The van der Waals surface area contributed by atoms with Gasteiger partial charge in [0, 0.05) is 6.54 Å². The van der Waals surface area contributed by atoms with Gasteiger partial charge in [0.2, 0.25) is 5.91 Å². The van der Waals surface area contributed by atoms with Crippen molar-refractivity contribution in [3.8, 4) is 0 Å². The summed E-state index contributed by atoms with van der Waals surface area (Å²) in [4.78, 5) is 13.5. The van der Waals surface area contributed by atoms with Crippen LogP contribution in [-0.2, 0) is 4.79 Å². The molecule has 2 atom stereocenters. The summed E-state index contributed by atoms with van der Waals surface area (Å²) < 4.78 is 12.8. The number of amides is 1. The molecule has 0 saturated carbocycles. The van der Waals surface area contributed by atoms with E-state index < -0.39 is 0 Å². The monoisotopic (exact) mass is 222 g/mol. The quantitative estimate of drug-likeness (QED) is 0.823. The Labute approximate surface area is 94.0 Å². The topological polar surface area (TPSA) is 46.3 Å². The molecule has 1 saturated heterocycles. The second kappa shape index (κ2) is 4.22. The van der Waals surface area contributed by atoms with Gasteiger partial charge >= 0.3 is 0 Å². The van der Waals surface area contributed by atoms with Crippen LogP contribution in [0.2, 0.25) is 0 Å². The average molecular weight is 222 g/mol. The molecule has 0 aliphatic carbocycles. The summed E-state index contributed by atoms with van der Waals surface area (Å²) in [5.74, 6) is -0.280. The van der Waals surface area contributed by atoms with Crippen molar-refractivity contribution in [3.63, 3.8) is 0 Å². The number of hydrogen-bond donors (Lipinski definition) is 1. The Balaban J connectivity index is 2.16. The number of carbonyl (C=O) groups excluding carboxylic acids is 1. The molecule has 2 rings (SSSR count). The fraction of sp³-hybridized carbons (Fsp3) is 0.417. The van der Waals surface area contributed by atoms with Gasteiger partial charge in [-0.25, -0.2) is 4.39 Å². The molecule has 0 radical (unpaired) electrons. The van der Waals surface area contributed by atoms with E-state index in [9.17, 15) is 9.18 Å². The predicted octanol–water partition coefficient (Wildman–Crippen LogP) is 1.45. The van der Waals surface area contributed by atoms with Crippen LogP contribution in [0, 0.1) is 5.82 Å². The zero-order valence-corrected chi connectivity index (χ0v) is 9.19. The summed E-state index contributed by atoms with van der Waals surface area (Å²) in [6.45, 7) is 2.61. The molecular formula is C12H15FN2O. The first kappa shape index (κ1) is 11.1. The highest BCUT2D eigenvalue weighted by Crippen LogP contribution is 2.25. The maximum Gasteiger partial charge on any atom is 0.240 e.